The molecule has 2 aromatic carbocycles. The number of pyridine rings is 1. The van der Waals surface area contributed by atoms with E-state index in [2.05, 4.69) is 25.4 Å². The van der Waals surface area contributed by atoms with Crippen LogP contribution < -0.4 is 11.3 Å². The monoisotopic (exact) mass is 608 g/mol. The average Bonchev–Trinajstić information content (AvgIpc) is 3.30. The zero-order chi connectivity index (χ0) is 29.8. The Balaban J connectivity index is 1.20. The molecule has 0 bridgehead atoms. The number of aromatic amines is 1. The lowest BCUT2D eigenvalue weighted by Gasteiger charge is -2.18. The standard InChI is InChI=1S/C28H17ClF4N8O2/c29-13-2-4-18(40-10-21(37-39-40)28(31,32)33)15(8-13)12-5-19-16-9-17(16)24(41(19)22(42)7-12)23-25(30)36-27(35-23)11-1-3-14-20(6-11)43-38-26(14)34/h1-8,10,16-17,24H,9H2,(H2,34,38)(H,35,36). The van der Waals surface area contributed by atoms with Gasteiger partial charge in [0, 0.05) is 33.8 Å². The summed E-state index contributed by atoms with van der Waals surface area (Å²) in [6.45, 7) is 0. The summed E-state index contributed by atoms with van der Waals surface area (Å²) < 4.78 is 62.7. The van der Waals surface area contributed by atoms with Gasteiger partial charge in [-0.2, -0.15) is 17.6 Å². The fourth-order valence-electron chi connectivity index (χ4n) is 6.03. The summed E-state index contributed by atoms with van der Waals surface area (Å²) in [6, 6.07) is 12.2. The smallest absolute Gasteiger partial charge is 0.380 e. The average molecular weight is 609 g/mol. The quantitative estimate of drug-likeness (QED) is 0.244. The van der Waals surface area contributed by atoms with Gasteiger partial charge in [0.05, 0.1) is 29.0 Å². The second-order valence-electron chi connectivity index (χ2n) is 10.6. The van der Waals surface area contributed by atoms with Crippen molar-refractivity contribution in [2.24, 2.45) is 5.92 Å². The highest BCUT2D eigenvalue weighted by Gasteiger charge is 2.54. The molecule has 8 rings (SSSR count). The lowest BCUT2D eigenvalue weighted by Crippen LogP contribution is -2.26. The number of hydrogen-bond acceptors (Lipinski definition) is 7. The van der Waals surface area contributed by atoms with Gasteiger partial charge in [-0.15, -0.1) is 5.10 Å². The van der Waals surface area contributed by atoms with Crippen molar-refractivity contribution in [3.63, 3.8) is 0 Å². The van der Waals surface area contributed by atoms with Crippen LogP contribution in [-0.2, 0) is 6.18 Å². The molecule has 10 nitrogen and oxygen atoms in total. The lowest BCUT2D eigenvalue weighted by atomic mass is 10.0. The Kier molecular flexibility index (Phi) is 5.24. The highest BCUT2D eigenvalue weighted by molar-refractivity contribution is 6.31. The van der Waals surface area contributed by atoms with Crippen molar-refractivity contribution in [2.45, 2.75) is 24.6 Å². The number of imidazole rings is 1. The second kappa shape index (κ2) is 8.77. The third-order valence-electron chi connectivity index (χ3n) is 8.06. The molecule has 0 saturated heterocycles. The molecule has 15 heteroatoms. The molecule has 3 N–H and O–H groups in total. The minimum Gasteiger partial charge on any atom is -0.380 e. The van der Waals surface area contributed by atoms with E-state index in [9.17, 15) is 18.0 Å². The van der Waals surface area contributed by atoms with E-state index in [4.69, 9.17) is 21.9 Å². The first-order valence-corrected chi connectivity index (χ1v) is 13.4. The van der Waals surface area contributed by atoms with Gasteiger partial charge >= 0.3 is 6.18 Å². The fraction of sp³-hybridized carbons (Fsp3) is 0.179. The van der Waals surface area contributed by atoms with Crippen LogP contribution in [0.3, 0.4) is 0 Å². The SMILES string of the molecule is Nc1noc2cc(-c3nc(F)c(C4C5CC5c5cc(-c6cc(Cl)ccc6-n6cc(C(F)(F)F)nn6)cc(=O)n54)[nH]3)ccc12. The normalized spacial score (nSPS) is 19.1. The molecule has 6 aromatic rings. The van der Waals surface area contributed by atoms with Gasteiger partial charge in [-0.1, -0.05) is 28.0 Å². The van der Waals surface area contributed by atoms with E-state index in [0.29, 0.717) is 38.4 Å². The van der Waals surface area contributed by atoms with Crippen LogP contribution in [0.4, 0.5) is 23.4 Å². The molecular formula is C28H17ClF4N8O2. The van der Waals surface area contributed by atoms with Crippen LogP contribution in [0.5, 0.6) is 0 Å². The van der Waals surface area contributed by atoms with E-state index >= 15 is 4.39 Å². The molecule has 4 aromatic heterocycles. The Morgan fingerprint density at radius 2 is 1.93 bits per heavy atom. The Morgan fingerprint density at radius 1 is 1.09 bits per heavy atom. The Hall–Kier alpha value is -4.98. The Labute approximate surface area is 242 Å². The molecule has 3 atom stereocenters. The molecule has 43 heavy (non-hydrogen) atoms. The summed E-state index contributed by atoms with van der Waals surface area (Å²) in [6.07, 6.45) is -3.18. The van der Waals surface area contributed by atoms with E-state index in [0.717, 1.165) is 17.3 Å². The van der Waals surface area contributed by atoms with E-state index < -0.39 is 29.4 Å². The van der Waals surface area contributed by atoms with Gasteiger partial charge in [-0.05, 0) is 54.3 Å². The maximum Gasteiger partial charge on any atom is 0.436 e. The topological polar surface area (TPSA) is 133 Å². The van der Waals surface area contributed by atoms with Crippen molar-refractivity contribution in [2.75, 3.05) is 5.73 Å². The van der Waals surface area contributed by atoms with Gasteiger partial charge in [0.2, 0.25) is 5.95 Å². The summed E-state index contributed by atoms with van der Waals surface area (Å²) in [5.74, 6) is -0.273. The Morgan fingerprint density at radius 3 is 2.72 bits per heavy atom. The highest BCUT2D eigenvalue weighted by Crippen LogP contribution is 2.61. The zero-order valence-electron chi connectivity index (χ0n) is 21.6. The first-order chi connectivity index (χ1) is 20.6. The number of anilines is 1. The number of nitrogens with two attached hydrogens (primary N) is 1. The van der Waals surface area contributed by atoms with E-state index in [1.807, 2.05) is 0 Å². The van der Waals surface area contributed by atoms with E-state index in [-0.39, 0.29) is 34.9 Å². The number of aromatic nitrogens is 7. The third kappa shape index (κ3) is 3.96. The van der Waals surface area contributed by atoms with Gasteiger partial charge in [0.15, 0.2) is 17.1 Å². The number of rotatable bonds is 4. The summed E-state index contributed by atoms with van der Waals surface area (Å²) in [4.78, 5) is 20.8. The maximum absolute atomic E-state index is 15.4. The summed E-state index contributed by atoms with van der Waals surface area (Å²) in [5, 5.41) is 11.6. The minimum absolute atomic E-state index is 0.0110. The molecule has 0 spiro atoms. The molecule has 3 unspecified atom stereocenters. The number of fused-ring (bicyclic) bond motifs is 4. The first kappa shape index (κ1) is 25.7. The van der Waals surface area contributed by atoms with Crippen LogP contribution >= 0.6 is 11.6 Å². The van der Waals surface area contributed by atoms with Crippen molar-refractivity contribution in [3.8, 4) is 28.2 Å². The minimum atomic E-state index is -4.67. The first-order valence-electron chi connectivity index (χ1n) is 13.0. The van der Waals surface area contributed by atoms with Crippen molar-refractivity contribution < 1.29 is 22.1 Å². The van der Waals surface area contributed by atoms with Gasteiger partial charge in [-0.3, -0.25) is 4.79 Å². The van der Waals surface area contributed by atoms with E-state index in [1.54, 1.807) is 34.9 Å². The van der Waals surface area contributed by atoms with Crippen LogP contribution in [0.1, 0.15) is 35.5 Å². The number of benzene rings is 2. The van der Waals surface area contributed by atoms with Crippen molar-refractivity contribution >= 4 is 28.4 Å². The van der Waals surface area contributed by atoms with Crippen LogP contribution in [-0.4, -0.2) is 34.7 Å². The number of halogens is 5. The summed E-state index contributed by atoms with van der Waals surface area (Å²) in [7, 11) is 0. The van der Waals surface area contributed by atoms with Gasteiger partial charge < -0.3 is 19.8 Å². The number of nitrogens with zero attached hydrogens (tertiary/aromatic N) is 6. The predicted octanol–water partition coefficient (Wildman–Crippen LogP) is 5.73. The Bertz CT molecular complexity index is 2160. The molecular weight excluding hydrogens is 592 g/mol. The third-order valence-corrected chi connectivity index (χ3v) is 8.29. The largest absolute Gasteiger partial charge is 0.436 e. The number of nitrogen functional groups attached to an aromatic ring is 1. The van der Waals surface area contributed by atoms with Crippen molar-refractivity contribution in [3.05, 3.63) is 93.1 Å². The van der Waals surface area contributed by atoms with Crippen LogP contribution in [0.25, 0.3) is 39.2 Å². The van der Waals surface area contributed by atoms with Gasteiger partial charge in [-0.25, -0.2) is 9.67 Å². The molecule has 5 heterocycles. The van der Waals surface area contributed by atoms with Crippen molar-refractivity contribution in [1.82, 2.24) is 34.7 Å². The van der Waals surface area contributed by atoms with Crippen molar-refractivity contribution in [1.29, 1.82) is 0 Å². The molecule has 216 valence electrons. The van der Waals surface area contributed by atoms with Crippen LogP contribution in [0.15, 0.2) is 64.0 Å². The maximum atomic E-state index is 15.4. The molecule has 1 aliphatic heterocycles. The summed E-state index contributed by atoms with van der Waals surface area (Å²) in [5.41, 5.74) is 7.16. The summed E-state index contributed by atoms with van der Waals surface area (Å²) >= 11 is 6.26. The molecule has 0 radical (unpaired) electrons. The number of alkyl halides is 3. The second-order valence-corrected chi connectivity index (χ2v) is 11.0. The lowest BCUT2D eigenvalue weighted by molar-refractivity contribution is -0.141. The molecule has 1 fully saturated rings. The van der Waals surface area contributed by atoms with Crippen LogP contribution in [0.2, 0.25) is 5.02 Å². The molecule has 1 saturated carbocycles. The van der Waals surface area contributed by atoms with Gasteiger partial charge in [0.25, 0.3) is 5.56 Å². The van der Waals surface area contributed by atoms with Gasteiger partial charge in [0.1, 0.15) is 5.82 Å². The van der Waals surface area contributed by atoms with Crippen LogP contribution in [0, 0.1) is 11.9 Å². The fourth-order valence-corrected chi connectivity index (χ4v) is 6.20. The molecule has 1 aliphatic carbocycles. The molecule has 0 amide bonds. The highest BCUT2D eigenvalue weighted by atomic mass is 35.5. The number of nitrogens with one attached hydrogen (secondary N) is 1. The molecule has 2 aliphatic rings. The number of H-pyrrole nitrogens is 1. The zero-order valence-corrected chi connectivity index (χ0v) is 22.4. The predicted molar refractivity (Wildman–Crippen MR) is 146 cm³/mol. The van der Waals surface area contributed by atoms with E-state index in [1.165, 1.54) is 18.2 Å². The number of hydrogen-bond donors (Lipinski definition) is 2.